The van der Waals surface area contributed by atoms with Crippen LogP contribution in [0.1, 0.15) is 12.0 Å². The molecule has 1 unspecified atom stereocenters. The van der Waals surface area contributed by atoms with Crippen LogP contribution in [0.15, 0.2) is 36.4 Å². The Hall–Kier alpha value is -1.06. The van der Waals surface area contributed by atoms with E-state index in [9.17, 15) is 0 Å². The molecule has 0 spiro atoms. The summed E-state index contributed by atoms with van der Waals surface area (Å²) in [6, 6.07) is 12.6. The van der Waals surface area contributed by atoms with Gasteiger partial charge < -0.3 is 9.47 Å². The highest BCUT2D eigenvalue weighted by Crippen LogP contribution is 2.31. The van der Waals surface area contributed by atoms with Gasteiger partial charge in [0.1, 0.15) is 11.9 Å². The minimum atomic E-state index is 0.198. The lowest BCUT2D eigenvalue weighted by atomic mass is 10.0. The molecule has 1 heterocycles. The molecule has 0 saturated carbocycles. The van der Waals surface area contributed by atoms with Crippen molar-refractivity contribution in [2.24, 2.45) is 0 Å². The summed E-state index contributed by atoms with van der Waals surface area (Å²) in [5, 5.41) is 3.31. The molecule has 1 fully saturated rings. The smallest absolute Gasteiger partial charge is 0.124 e. The second-order valence-electron chi connectivity index (χ2n) is 4.50. The Balaban J connectivity index is 2.00. The van der Waals surface area contributed by atoms with Crippen LogP contribution >= 0.6 is 15.9 Å². The number of ether oxygens (including phenoxy) is 2. The van der Waals surface area contributed by atoms with Crippen molar-refractivity contribution in [1.29, 1.82) is 0 Å². The molecule has 3 rings (SSSR count). The van der Waals surface area contributed by atoms with Gasteiger partial charge in [0.05, 0.1) is 13.2 Å². The number of alkyl halides is 1. The topological polar surface area (TPSA) is 18.5 Å². The van der Waals surface area contributed by atoms with Gasteiger partial charge in [-0.2, -0.15) is 0 Å². The van der Waals surface area contributed by atoms with Crippen LogP contribution < -0.4 is 4.74 Å². The molecule has 1 atom stereocenters. The van der Waals surface area contributed by atoms with Crippen molar-refractivity contribution >= 4 is 26.7 Å². The van der Waals surface area contributed by atoms with Gasteiger partial charge in [-0.3, -0.25) is 0 Å². The summed E-state index contributed by atoms with van der Waals surface area (Å²) in [5.41, 5.74) is 1.22. The number of rotatable bonds is 3. The lowest BCUT2D eigenvalue weighted by Gasteiger charge is -2.16. The molecule has 2 aromatic carbocycles. The van der Waals surface area contributed by atoms with Crippen molar-refractivity contribution in [3.8, 4) is 5.75 Å². The molecule has 0 radical (unpaired) electrons. The summed E-state index contributed by atoms with van der Waals surface area (Å²) in [6.45, 7) is 1.51. The number of benzene rings is 2. The minimum absolute atomic E-state index is 0.198. The van der Waals surface area contributed by atoms with Gasteiger partial charge >= 0.3 is 0 Å². The fraction of sp³-hybridized carbons (Fsp3) is 0.333. The van der Waals surface area contributed by atoms with Crippen molar-refractivity contribution in [2.45, 2.75) is 17.9 Å². The van der Waals surface area contributed by atoms with E-state index in [0.717, 1.165) is 24.1 Å². The van der Waals surface area contributed by atoms with Gasteiger partial charge in [-0.25, -0.2) is 0 Å². The van der Waals surface area contributed by atoms with E-state index in [4.69, 9.17) is 9.47 Å². The highest BCUT2D eigenvalue weighted by atomic mass is 79.9. The summed E-state index contributed by atoms with van der Waals surface area (Å²) in [5.74, 6) is 0.973. The molecular formula is C15H15BrO2. The van der Waals surface area contributed by atoms with Crippen LogP contribution in [-0.4, -0.2) is 19.3 Å². The Bertz CT molecular complexity index is 547. The number of fused-ring (bicyclic) bond motifs is 1. The van der Waals surface area contributed by atoms with Gasteiger partial charge in [0.2, 0.25) is 0 Å². The molecule has 0 aromatic heterocycles. The van der Waals surface area contributed by atoms with Gasteiger partial charge in [-0.15, -0.1) is 0 Å². The Labute approximate surface area is 115 Å². The van der Waals surface area contributed by atoms with Gasteiger partial charge in [0.25, 0.3) is 0 Å². The van der Waals surface area contributed by atoms with E-state index in [1.165, 1.54) is 16.3 Å². The monoisotopic (exact) mass is 306 g/mol. The maximum absolute atomic E-state index is 6.05. The molecule has 0 aliphatic carbocycles. The average Bonchev–Trinajstić information content (AvgIpc) is 2.91. The molecule has 1 aliphatic heterocycles. The zero-order valence-electron chi connectivity index (χ0n) is 10.1. The van der Waals surface area contributed by atoms with Crippen LogP contribution in [0.5, 0.6) is 5.75 Å². The number of hydrogen-bond acceptors (Lipinski definition) is 2. The van der Waals surface area contributed by atoms with E-state index < -0.39 is 0 Å². The second-order valence-corrected chi connectivity index (χ2v) is 5.06. The summed E-state index contributed by atoms with van der Waals surface area (Å²) in [6.07, 6.45) is 1.18. The Morgan fingerprint density at radius 1 is 1.22 bits per heavy atom. The van der Waals surface area contributed by atoms with Crippen molar-refractivity contribution in [3.05, 3.63) is 42.0 Å². The van der Waals surface area contributed by atoms with E-state index in [0.29, 0.717) is 6.61 Å². The van der Waals surface area contributed by atoms with Gasteiger partial charge in [0, 0.05) is 17.3 Å². The maximum atomic E-state index is 6.05. The number of halogens is 1. The van der Waals surface area contributed by atoms with E-state index in [1.54, 1.807) is 0 Å². The molecule has 1 aliphatic rings. The molecule has 0 N–H and O–H groups in total. The SMILES string of the molecule is BrCc1c(OC2CCOC2)ccc2ccccc12. The Morgan fingerprint density at radius 2 is 2.11 bits per heavy atom. The largest absolute Gasteiger partial charge is 0.488 e. The quantitative estimate of drug-likeness (QED) is 0.801. The molecule has 2 aromatic rings. The van der Waals surface area contributed by atoms with Crippen LogP contribution in [0.4, 0.5) is 0 Å². The first-order valence-electron chi connectivity index (χ1n) is 6.19. The zero-order valence-corrected chi connectivity index (χ0v) is 11.7. The molecule has 2 nitrogen and oxygen atoms in total. The van der Waals surface area contributed by atoms with Crippen molar-refractivity contribution in [1.82, 2.24) is 0 Å². The van der Waals surface area contributed by atoms with E-state index >= 15 is 0 Å². The lowest BCUT2D eigenvalue weighted by Crippen LogP contribution is -2.16. The third-order valence-corrected chi connectivity index (χ3v) is 3.87. The van der Waals surface area contributed by atoms with Crippen molar-refractivity contribution in [3.63, 3.8) is 0 Å². The molecule has 3 heteroatoms. The number of hydrogen-bond donors (Lipinski definition) is 0. The Kier molecular flexibility index (Phi) is 3.52. The summed E-state index contributed by atoms with van der Waals surface area (Å²) in [7, 11) is 0. The maximum Gasteiger partial charge on any atom is 0.124 e. The molecular weight excluding hydrogens is 292 g/mol. The fourth-order valence-corrected chi connectivity index (χ4v) is 2.93. The standard InChI is InChI=1S/C15H15BrO2/c16-9-14-13-4-2-1-3-11(13)5-6-15(14)18-12-7-8-17-10-12/h1-6,12H,7-10H2. The third-order valence-electron chi connectivity index (χ3n) is 3.31. The van der Waals surface area contributed by atoms with E-state index in [1.807, 2.05) is 0 Å². The first-order chi connectivity index (χ1) is 8.88. The Morgan fingerprint density at radius 3 is 2.89 bits per heavy atom. The minimum Gasteiger partial charge on any atom is -0.488 e. The van der Waals surface area contributed by atoms with Crippen LogP contribution in [0.2, 0.25) is 0 Å². The van der Waals surface area contributed by atoms with Gasteiger partial charge in [-0.1, -0.05) is 46.3 Å². The summed E-state index contributed by atoms with van der Waals surface area (Å²) >= 11 is 3.57. The van der Waals surface area contributed by atoms with E-state index in [-0.39, 0.29) is 6.10 Å². The summed E-state index contributed by atoms with van der Waals surface area (Å²) in [4.78, 5) is 0. The molecule has 0 bridgehead atoms. The highest BCUT2D eigenvalue weighted by molar-refractivity contribution is 9.08. The van der Waals surface area contributed by atoms with E-state index in [2.05, 4.69) is 52.3 Å². The summed E-state index contributed by atoms with van der Waals surface area (Å²) < 4.78 is 11.4. The third kappa shape index (κ3) is 2.25. The predicted octanol–water partition coefficient (Wildman–Crippen LogP) is 3.90. The lowest BCUT2D eigenvalue weighted by molar-refractivity contribution is 0.141. The predicted molar refractivity (Wildman–Crippen MR) is 76.4 cm³/mol. The van der Waals surface area contributed by atoms with Crippen LogP contribution in [0.3, 0.4) is 0 Å². The van der Waals surface area contributed by atoms with Gasteiger partial charge in [0.15, 0.2) is 0 Å². The zero-order chi connectivity index (χ0) is 12.4. The average molecular weight is 307 g/mol. The molecule has 94 valence electrons. The first-order valence-corrected chi connectivity index (χ1v) is 7.31. The second kappa shape index (κ2) is 5.29. The van der Waals surface area contributed by atoms with Crippen molar-refractivity contribution in [2.75, 3.05) is 13.2 Å². The van der Waals surface area contributed by atoms with Crippen LogP contribution in [-0.2, 0) is 10.1 Å². The van der Waals surface area contributed by atoms with Crippen molar-refractivity contribution < 1.29 is 9.47 Å². The first kappa shape index (κ1) is 12.0. The van der Waals surface area contributed by atoms with Crippen LogP contribution in [0, 0.1) is 0 Å². The molecule has 0 amide bonds. The van der Waals surface area contributed by atoms with Gasteiger partial charge in [-0.05, 0) is 16.8 Å². The van der Waals surface area contributed by atoms with Crippen LogP contribution in [0.25, 0.3) is 10.8 Å². The highest BCUT2D eigenvalue weighted by Gasteiger charge is 2.19. The molecule has 18 heavy (non-hydrogen) atoms. The fourth-order valence-electron chi connectivity index (χ4n) is 2.35. The normalized spacial score (nSPS) is 19.3. The molecule has 1 saturated heterocycles.